The lowest BCUT2D eigenvalue weighted by atomic mass is 10.1. The summed E-state index contributed by atoms with van der Waals surface area (Å²) < 4.78 is 7.40. The third kappa shape index (κ3) is 4.69. The van der Waals surface area contributed by atoms with Crippen LogP contribution in [0.1, 0.15) is 29.1 Å². The molecule has 0 radical (unpaired) electrons. The van der Waals surface area contributed by atoms with E-state index in [1.54, 1.807) is 0 Å². The van der Waals surface area contributed by atoms with Crippen molar-refractivity contribution in [2.24, 2.45) is 0 Å². The maximum absolute atomic E-state index is 11.2. The summed E-state index contributed by atoms with van der Waals surface area (Å²) in [5.74, 6) is 1.51. The fourth-order valence-electron chi connectivity index (χ4n) is 2.83. The van der Waals surface area contributed by atoms with Crippen LogP contribution in [0.15, 0.2) is 53.7 Å². The topological polar surface area (TPSA) is 83.1 Å². The van der Waals surface area contributed by atoms with Crippen LogP contribution >= 0.6 is 11.8 Å². The molecule has 1 heterocycles. The van der Waals surface area contributed by atoms with Gasteiger partial charge in [-0.05, 0) is 50.6 Å². The van der Waals surface area contributed by atoms with Crippen molar-refractivity contribution in [1.82, 2.24) is 14.8 Å². The fourth-order valence-corrected chi connectivity index (χ4v) is 4.00. The molecule has 2 aromatic carbocycles. The Balaban J connectivity index is 1.92. The molecule has 146 valence electrons. The first kappa shape index (κ1) is 19.9. The maximum atomic E-state index is 11.2. The molecule has 0 aliphatic carbocycles. The van der Waals surface area contributed by atoms with Gasteiger partial charge in [0.15, 0.2) is 5.16 Å². The van der Waals surface area contributed by atoms with E-state index in [1.807, 2.05) is 73.9 Å². The Kier molecular flexibility index (Phi) is 6.30. The molecule has 0 saturated heterocycles. The van der Waals surface area contributed by atoms with E-state index in [0.29, 0.717) is 11.8 Å². The largest absolute Gasteiger partial charge is 0.494 e. The van der Waals surface area contributed by atoms with Crippen molar-refractivity contribution in [2.45, 2.75) is 31.2 Å². The number of benzene rings is 2. The normalized spacial score (nSPS) is 12.0. The molecule has 8 heteroatoms. The van der Waals surface area contributed by atoms with E-state index in [4.69, 9.17) is 4.74 Å². The molecule has 0 aliphatic rings. The van der Waals surface area contributed by atoms with Gasteiger partial charge in [-0.1, -0.05) is 41.6 Å². The summed E-state index contributed by atoms with van der Waals surface area (Å²) in [6.45, 7) is 6.20. The highest BCUT2D eigenvalue weighted by molar-refractivity contribution is 7.99. The van der Waals surface area contributed by atoms with Gasteiger partial charge >= 0.3 is 0 Å². The SMILES string of the molecule is CCOc1ccc(-n2c(C)nnc2S[C@@H](C[N+](=O)[O-])c2ccc(C)cc2)cc1. The van der Waals surface area contributed by atoms with Gasteiger partial charge in [0.2, 0.25) is 6.54 Å². The molecule has 0 fully saturated rings. The number of ether oxygens (including phenoxy) is 1. The average molecular weight is 398 g/mol. The zero-order valence-electron chi connectivity index (χ0n) is 16.0. The van der Waals surface area contributed by atoms with E-state index in [-0.39, 0.29) is 16.7 Å². The lowest BCUT2D eigenvalue weighted by molar-refractivity contribution is -0.479. The van der Waals surface area contributed by atoms with Crippen LogP contribution in [0.5, 0.6) is 5.75 Å². The summed E-state index contributed by atoms with van der Waals surface area (Å²) in [6.07, 6.45) is 0. The molecule has 7 nitrogen and oxygen atoms in total. The van der Waals surface area contributed by atoms with Gasteiger partial charge < -0.3 is 4.74 Å². The highest BCUT2D eigenvalue weighted by atomic mass is 32.2. The smallest absolute Gasteiger partial charge is 0.220 e. The van der Waals surface area contributed by atoms with E-state index in [2.05, 4.69) is 10.2 Å². The van der Waals surface area contributed by atoms with Crippen LogP contribution in [0.4, 0.5) is 0 Å². The minimum atomic E-state index is -0.361. The molecular formula is C20H22N4O3S. The molecule has 3 aromatic rings. The van der Waals surface area contributed by atoms with Crippen LogP contribution in [-0.4, -0.2) is 32.8 Å². The number of aromatic nitrogens is 3. The highest BCUT2D eigenvalue weighted by Crippen LogP contribution is 2.36. The lowest BCUT2D eigenvalue weighted by Gasteiger charge is -2.15. The zero-order chi connectivity index (χ0) is 20.1. The molecule has 1 atom stereocenters. The summed E-state index contributed by atoms with van der Waals surface area (Å²) in [5, 5.41) is 19.9. The quantitative estimate of drug-likeness (QED) is 0.318. The Morgan fingerprint density at radius 3 is 2.39 bits per heavy atom. The minimum absolute atomic E-state index is 0.192. The number of hydrogen-bond acceptors (Lipinski definition) is 6. The molecule has 0 unspecified atom stereocenters. The van der Waals surface area contributed by atoms with Crippen LogP contribution in [0, 0.1) is 24.0 Å². The third-order valence-electron chi connectivity index (χ3n) is 4.21. The first-order valence-electron chi connectivity index (χ1n) is 8.98. The second-order valence-electron chi connectivity index (χ2n) is 6.32. The Hall–Kier alpha value is -2.87. The number of thioether (sulfide) groups is 1. The van der Waals surface area contributed by atoms with Gasteiger partial charge in [-0.25, -0.2) is 0 Å². The fraction of sp³-hybridized carbons (Fsp3) is 0.300. The Labute approximate surface area is 167 Å². The second-order valence-corrected chi connectivity index (χ2v) is 7.49. The summed E-state index contributed by atoms with van der Waals surface area (Å²) >= 11 is 1.35. The highest BCUT2D eigenvalue weighted by Gasteiger charge is 2.23. The maximum Gasteiger partial charge on any atom is 0.220 e. The molecule has 28 heavy (non-hydrogen) atoms. The molecule has 0 amide bonds. The number of hydrogen-bond donors (Lipinski definition) is 0. The average Bonchev–Trinajstić information content (AvgIpc) is 3.03. The lowest BCUT2D eigenvalue weighted by Crippen LogP contribution is -2.11. The van der Waals surface area contributed by atoms with Crippen LogP contribution < -0.4 is 4.74 Å². The third-order valence-corrected chi connectivity index (χ3v) is 5.39. The van der Waals surface area contributed by atoms with E-state index in [0.717, 1.165) is 28.4 Å². The molecule has 0 spiro atoms. The van der Waals surface area contributed by atoms with Crippen LogP contribution in [0.2, 0.25) is 0 Å². The van der Waals surface area contributed by atoms with Gasteiger partial charge in [-0.2, -0.15) is 0 Å². The predicted octanol–water partition coefficient (Wildman–Crippen LogP) is 4.39. The van der Waals surface area contributed by atoms with Crippen molar-refractivity contribution in [3.63, 3.8) is 0 Å². The van der Waals surface area contributed by atoms with Crippen molar-refractivity contribution < 1.29 is 9.66 Å². The van der Waals surface area contributed by atoms with Gasteiger partial charge in [-0.3, -0.25) is 14.7 Å². The van der Waals surface area contributed by atoms with Crippen molar-refractivity contribution >= 4 is 11.8 Å². The summed E-state index contributed by atoms with van der Waals surface area (Å²) in [5.41, 5.74) is 2.89. The summed E-state index contributed by atoms with van der Waals surface area (Å²) in [4.78, 5) is 10.9. The molecule has 0 N–H and O–H groups in total. The minimum Gasteiger partial charge on any atom is -0.494 e. The van der Waals surface area contributed by atoms with E-state index >= 15 is 0 Å². The van der Waals surface area contributed by atoms with E-state index < -0.39 is 0 Å². The van der Waals surface area contributed by atoms with Gasteiger partial charge in [0.25, 0.3) is 0 Å². The zero-order valence-corrected chi connectivity index (χ0v) is 16.8. The van der Waals surface area contributed by atoms with E-state index in [9.17, 15) is 10.1 Å². The van der Waals surface area contributed by atoms with Gasteiger partial charge in [0, 0.05) is 10.6 Å². The molecule has 0 bridgehead atoms. The molecule has 3 rings (SSSR count). The molecular weight excluding hydrogens is 376 g/mol. The van der Waals surface area contributed by atoms with E-state index in [1.165, 1.54) is 11.8 Å². The summed E-state index contributed by atoms with van der Waals surface area (Å²) in [6, 6.07) is 15.4. The van der Waals surface area contributed by atoms with Crippen molar-refractivity contribution in [3.8, 4) is 11.4 Å². The Bertz CT molecular complexity index is 939. The van der Waals surface area contributed by atoms with Gasteiger partial charge in [-0.15, -0.1) is 10.2 Å². The van der Waals surface area contributed by atoms with Crippen molar-refractivity contribution in [3.05, 3.63) is 75.6 Å². The number of rotatable bonds is 8. The number of nitrogens with zero attached hydrogens (tertiary/aromatic N) is 4. The Morgan fingerprint density at radius 1 is 1.11 bits per heavy atom. The summed E-state index contributed by atoms with van der Waals surface area (Å²) in [7, 11) is 0. The van der Waals surface area contributed by atoms with Crippen molar-refractivity contribution in [1.29, 1.82) is 0 Å². The number of aryl methyl sites for hydroxylation is 2. The molecule has 1 aromatic heterocycles. The Morgan fingerprint density at radius 2 is 1.79 bits per heavy atom. The van der Waals surface area contributed by atoms with Crippen molar-refractivity contribution in [2.75, 3.05) is 13.2 Å². The first-order valence-corrected chi connectivity index (χ1v) is 9.86. The second kappa shape index (κ2) is 8.88. The van der Waals surface area contributed by atoms with Crippen LogP contribution in [-0.2, 0) is 0 Å². The van der Waals surface area contributed by atoms with Gasteiger partial charge in [0.1, 0.15) is 16.8 Å². The molecule has 0 aliphatic heterocycles. The van der Waals surface area contributed by atoms with Gasteiger partial charge in [0.05, 0.1) is 6.61 Å². The predicted molar refractivity (Wildman–Crippen MR) is 109 cm³/mol. The van der Waals surface area contributed by atoms with Crippen LogP contribution in [0.25, 0.3) is 5.69 Å². The molecule has 0 saturated carbocycles. The number of nitro groups is 1. The monoisotopic (exact) mass is 398 g/mol. The standard InChI is InChI=1S/C20H22N4O3S/c1-4-27-18-11-9-17(10-12-18)24-15(3)21-22-20(24)28-19(13-23(25)26)16-7-5-14(2)6-8-16/h5-12,19H,4,13H2,1-3H3/t19-/m0/s1. The first-order chi connectivity index (χ1) is 13.5. The van der Waals surface area contributed by atoms with Crippen LogP contribution in [0.3, 0.4) is 0 Å².